The van der Waals surface area contributed by atoms with E-state index in [0.717, 1.165) is 11.3 Å². The molecule has 1 aliphatic carbocycles. The monoisotopic (exact) mass is 671 g/mol. The number of ether oxygens (including phenoxy) is 1. The Hall–Kier alpha value is -4.51. The van der Waals surface area contributed by atoms with Crippen LogP contribution in [0, 0.1) is 12.7 Å². The second-order valence-electron chi connectivity index (χ2n) is 12.2. The molecule has 3 aliphatic rings. The van der Waals surface area contributed by atoms with Crippen molar-refractivity contribution < 1.29 is 23.8 Å². The second-order valence-corrected chi connectivity index (χ2v) is 13.0. The molecule has 2 aromatic carbocycles. The Balaban J connectivity index is 1.41. The van der Waals surface area contributed by atoms with Crippen LogP contribution in [-0.2, 0) is 23.3 Å². The van der Waals surface area contributed by atoms with Crippen LogP contribution in [0.2, 0.25) is 10.2 Å². The van der Waals surface area contributed by atoms with Crippen LogP contribution in [0.15, 0.2) is 67.0 Å². The molecule has 2 N–H and O–H groups in total. The van der Waals surface area contributed by atoms with Gasteiger partial charge in [0.05, 0.1) is 17.9 Å². The number of nitrogens with zero attached hydrogens (tertiary/aromatic N) is 4. The number of rotatable bonds is 6. The lowest BCUT2D eigenvalue weighted by Crippen LogP contribution is -2.52. The van der Waals surface area contributed by atoms with Crippen molar-refractivity contribution in [2.45, 2.75) is 50.2 Å². The van der Waals surface area contributed by atoms with Crippen molar-refractivity contribution in [2.24, 2.45) is 0 Å². The zero-order valence-electron chi connectivity index (χ0n) is 25.3. The van der Waals surface area contributed by atoms with E-state index in [4.69, 9.17) is 32.9 Å². The fourth-order valence-corrected chi connectivity index (χ4v) is 8.55. The molecule has 4 atom stereocenters. The van der Waals surface area contributed by atoms with E-state index in [0.29, 0.717) is 58.5 Å². The van der Waals surface area contributed by atoms with Crippen LogP contribution in [0.4, 0.5) is 10.1 Å². The molecular formula is C35H28Cl2FN5O4. The number of halogens is 3. The fourth-order valence-electron chi connectivity index (χ4n) is 8.21. The van der Waals surface area contributed by atoms with Crippen molar-refractivity contribution in [3.05, 3.63) is 122 Å². The first-order chi connectivity index (χ1) is 22.6. The normalized spacial score (nSPS) is 22.8. The van der Waals surface area contributed by atoms with E-state index in [9.17, 15) is 14.7 Å². The Kier molecular flexibility index (Phi) is 6.84. The summed E-state index contributed by atoms with van der Waals surface area (Å²) in [7, 11) is 0. The van der Waals surface area contributed by atoms with Gasteiger partial charge in [0.2, 0.25) is 5.91 Å². The van der Waals surface area contributed by atoms with Crippen LogP contribution in [0.3, 0.4) is 0 Å². The van der Waals surface area contributed by atoms with Crippen molar-refractivity contribution in [1.82, 2.24) is 19.3 Å². The predicted molar refractivity (Wildman–Crippen MR) is 174 cm³/mol. The number of carboxylic acids is 1. The Morgan fingerprint density at radius 1 is 1.19 bits per heavy atom. The van der Waals surface area contributed by atoms with Gasteiger partial charge in [-0.05, 0) is 61.4 Å². The number of benzene rings is 2. The summed E-state index contributed by atoms with van der Waals surface area (Å²) in [6, 6.07) is 15.9. The zero-order valence-corrected chi connectivity index (χ0v) is 26.8. The molecule has 1 spiro atoms. The molecule has 47 heavy (non-hydrogen) atoms. The predicted octanol–water partition coefficient (Wildman–Crippen LogP) is 6.74. The van der Waals surface area contributed by atoms with Crippen LogP contribution in [-0.4, -0.2) is 48.9 Å². The van der Waals surface area contributed by atoms with E-state index in [2.05, 4.69) is 15.2 Å². The van der Waals surface area contributed by atoms with Crippen LogP contribution in [0.5, 0.6) is 5.75 Å². The van der Waals surface area contributed by atoms with Crippen LogP contribution >= 0.6 is 23.2 Å². The van der Waals surface area contributed by atoms with Crippen LogP contribution in [0.1, 0.15) is 62.8 Å². The first-order valence-corrected chi connectivity index (χ1v) is 16.0. The standard InChI is InChI=1S/C35H28Cl2FN5O4/c1-3-47-20-6-4-5-18(13-20)16-43-25-15-26-30(41-32-17(2)21(33(44)45)10-12-42(26)32)27(25)28(22-9-11-39-31(37)29(22)38)35(43)23-8-7-19(36)14-24(23)40-34(35)46/h4-14,25,27-28H,3,15-16H2,1-2H3,(H,40,46)(H,44,45)/t25-,27+,28-,35+/m0/s1. The summed E-state index contributed by atoms with van der Waals surface area (Å²) < 4.78 is 24.1. The zero-order chi connectivity index (χ0) is 32.8. The van der Waals surface area contributed by atoms with E-state index < -0.39 is 29.2 Å². The summed E-state index contributed by atoms with van der Waals surface area (Å²) in [5.41, 5.74) is 3.77. The quantitative estimate of drug-likeness (QED) is 0.193. The molecule has 2 aliphatic heterocycles. The number of fused-ring (bicyclic) bond motifs is 7. The summed E-state index contributed by atoms with van der Waals surface area (Å²) in [6.45, 7) is 4.49. The summed E-state index contributed by atoms with van der Waals surface area (Å²) in [4.78, 5) is 37.9. The molecule has 3 aromatic heterocycles. The molecule has 1 amide bonds. The van der Waals surface area contributed by atoms with Crippen LogP contribution < -0.4 is 10.1 Å². The first kappa shape index (κ1) is 29.9. The maximum atomic E-state index is 16.3. The molecule has 5 aromatic rings. The minimum atomic E-state index is -1.39. The topological polar surface area (TPSA) is 109 Å². The number of hydrogen-bond donors (Lipinski definition) is 2. The van der Waals surface area contributed by atoms with Gasteiger partial charge in [-0.1, -0.05) is 41.4 Å². The van der Waals surface area contributed by atoms with Crippen molar-refractivity contribution in [2.75, 3.05) is 11.9 Å². The van der Waals surface area contributed by atoms with E-state index in [1.807, 2.05) is 41.7 Å². The van der Waals surface area contributed by atoms with Crippen molar-refractivity contribution >= 4 is 46.4 Å². The number of likely N-dealkylation sites (tertiary alicyclic amines) is 1. The molecule has 1 fully saturated rings. The number of pyridine rings is 2. The lowest BCUT2D eigenvalue weighted by atomic mass is 9.71. The highest BCUT2D eigenvalue weighted by Crippen LogP contribution is 2.65. The average molecular weight is 673 g/mol. The SMILES string of the molecule is CCOc1cccc(CN2[C@H]3Cc4c(nc5c(C)c(C(=O)O)ccn45)[C@H]3[C@H](c3ccnc(Cl)c3F)[C@]23C(=O)Nc2cc(Cl)ccc23)c1. The Bertz CT molecular complexity index is 2150. The molecule has 0 saturated carbocycles. The third kappa shape index (κ3) is 4.17. The number of aromatic nitrogens is 3. The van der Waals surface area contributed by atoms with E-state index in [1.165, 1.54) is 6.20 Å². The summed E-state index contributed by atoms with van der Waals surface area (Å²) in [5.74, 6) is -2.62. The van der Waals surface area contributed by atoms with Gasteiger partial charge < -0.3 is 19.6 Å². The second kappa shape index (κ2) is 10.8. The highest BCUT2D eigenvalue weighted by molar-refractivity contribution is 6.31. The number of carbonyl (C=O) groups excluding carboxylic acids is 1. The molecule has 9 nitrogen and oxygen atoms in total. The molecule has 0 unspecified atom stereocenters. The smallest absolute Gasteiger partial charge is 0.336 e. The molecular weight excluding hydrogens is 644 g/mol. The fraction of sp³-hybridized carbons (Fsp3) is 0.257. The molecule has 0 radical (unpaired) electrons. The maximum Gasteiger partial charge on any atom is 0.336 e. The van der Waals surface area contributed by atoms with Gasteiger partial charge in [-0.25, -0.2) is 19.2 Å². The number of imidazole rings is 1. The number of anilines is 1. The van der Waals surface area contributed by atoms with E-state index in [1.54, 1.807) is 37.4 Å². The Morgan fingerprint density at radius 3 is 2.81 bits per heavy atom. The summed E-state index contributed by atoms with van der Waals surface area (Å²) in [5, 5.41) is 13.0. The molecule has 238 valence electrons. The minimum absolute atomic E-state index is 0.154. The van der Waals surface area contributed by atoms with Gasteiger partial charge in [-0.3, -0.25) is 9.69 Å². The molecule has 12 heteroatoms. The van der Waals surface area contributed by atoms with E-state index >= 15 is 4.39 Å². The van der Waals surface area contributed by atoms with Gasteiger partial charge in [0.15, 0.2) is 11.0 Å². The Morgan fingerprint density at radius 2 is 2.02 bits per heavy atom. The minimum Gasteiger partial charge on any atom is -0.494 e. The Labute approximate surface area is 278 Å². The lowest BCUT2D eigenvalue weighted by Gasteiger charge is -2.40. The molecule has 5 heterocycles. The van der Waals surface area contributed by atoms with Gasteiger partial charge in [-0.2, -0.15) is 0 Å². The summed E-state index contributed by atoms with van der Waals surface area (Å²) >= 11 is 12.7. The number of aromatic carboxylic acids is 1. The number of aryl methyl sites for hydroxylation is 1. The van der Waals surface area contributed by atoms with Gasteiger partial charge in [0, 0.05) is 70.8 Å². The number of nitrogens with one attached hydrogen (secondary N) is 1. The van der Waals surface area contributed by atoms with Crippen LogP contribution in [0.25, 0.3) is 5.65 Å². The molecule has 0 bridgehead atoms. The van der Waals surface area contributed by atoms with Gasteiger partial charge in [-0.15, -0.1) is 0 Å². The van der Waals surface area contributed by atoms with Gasteiger partial charge in [0.1, 0.15) is 16.9 Å². The number of carboxylic acid groups (broad SMARTS) is 1. The first-order valence-electron chi connectivity index (χ1n) is 15.3. The van der Waals surface area contributed by atoms with E-state index in [-0.39, 0.29) is 28.2 Å². The highest BCUT2D eigenvalue weighted by atomic mass is 35.5. The molecule has 1 saturated heterocycles. The van der Waals surface area contributed by atoms with Gasteiger partial charge in [0.25, 0.3) is 0 Å². The molecule has 8 rings (SSSR count). The largest absolute Gasteiger partial charge is 0.494 e. The third-order valence-corrected chi connectivity index (χ3v) is 10.5. The maximum absolute atomic E-state index is 16.3. The number of hydrogen-bond acceptors (Lipinski definition) is 6. The number of carbonyl (C=O) groups is 2. The third-order valence-electron chi connectivity index (χ3n) is 9.96. The van der Waals surface area contributed by atoms with Crippen molar-refractivity contribution in [1.29, 1.82) is 0 Å². The van der Waals surface area contributed by atoms with Crippen molar-refractivity contribution in [3.63, 3.8) is 0 Å². The number of amides is 1. The average Bonchev–Trinajstić information content (AvgIpc) is 3.73. The van der Waals surface area contributed by atoms with Gasteiger partial charge >= 0.3 is 5.97 Å². The van der Waals surface area contributed by atoms with Crippen molar-refractivity contribution in [3.8, 4) is 5.75 Å². The summed E-state index contributed by atoms with van der Waals surface area (Å²) in [6.07, 6.45) is 3.66. The highest BCUT2D eigenvalue weighted by Gasteiger charge is 2.69. The lowest BCUT2D eigenvalue weighted by molar-refractivity contribution is -0.128.